The fraction of sp³-hybridized carbons (Fsp3) is 0.522. The number of ether oxygens (including phenoxy) is 1. The first-order valence-corrected chi connectivity index (χ1v) is 11.1. The number of aromatic nitrogens is 2. The monoisotopic (exact) mass is 443 g/mol. The van der Waals surface area contributed by atoms with Crippen molar-refractivity contribution >= 4 is 28.9 Å². The fourth-order valence-electron chi connectivity index (χ4n) is 6.63. The number of methoxy groups -OCH3 is 1. The Morgan fingerprint density at radius 3 is 2.61 bits per heavy atom. The summed E-state index contributed by atoms with van der Waals surface area (Å²) >= 11 is 6.53. The number of carboxylic acids is 1. The Balaban J connectivity index is 1.53. The number of hydrogen-bond acceptors (Lipinski definition) is 5. The van der Waals surface area contributed by atoms with Gasteiger partial charge in [-0.15, -0.1) is 0 Å². The van der Waals surface area contributed by atoms with Crippen molar-refractivity contribution in [3.63, 3.8) is 0 Å². The third-order valence-electron chi connectivity index (χ3n) is 7.48. The van der Waals surface area contributed by atoms with Gasteiger partial charge in [-0.1, -0.05) is 17.7 Å². The van der Waals surface area contributed by atoms with Crippen molar-refractivity contribution in [2.45, 2.75) is 51.0 Å². The van der Waals surface area contributed by atoms with Crippen LogP contribution in [0.3, 0.4) is 0 Å². The second-order valence-electron chi connectivity index (χ2n) is 9.69. The highest BCUT2D eigenvalue weighted by Crippen LogP contribution is 2.63. The zero-order chi connectivity index (χ0) is 22.0. The molecule has 0 saturated heterocycles. The molecule has 0 radical (unpaired) electrons. The molecular weight excluding hydrogens is 418 g/mol. The standard InChI is InChI=1S/C23H26ClN3O4/c1-13-3-4-18(31-2)16(5-13)26-17-11-25-27(20(28)19(17)24)23-9-14-6-15(10-23)8-22(7-14,12-23)21(29)30/h3-5,11,14-15,26H,6-10,12H2,1-2H3,(H,29,30)/t14-,15-,22?,23?/m0/s1. The highest BCUT2D eigenvalue weighted by Gasteiger charge is 2.62. The van der Waals surface area contributed by atoms with Crippen LogP contribution < -0.4 is 15.6 Å². The fourth-order valence-corrected chi connectivity index (χ4v) is 6.81. The lowest BCUT2D eigenvalue weighted by molar-refractivity contribution is -0.173. The molecule has 1 heterocycles. The van der Waals surface area contributed by atoms with E-state index in [9.17, 15) is 14.7 Å². The van der Waals surface area contributed by atoms with E-state index in [1.165, 1.54) is 4.68 Å². The van der Waals surface area contributed by atoms with E-state index in [1.54, 1.807) is 13.3 Å². The van der Waals surface area contributed by atoms with Crippen molar-refractivity contribution in [2.75, 3.05) is 12.4 Å². The molecular formula is C23H26ClN3O4. The summed E-state index contributed by atoms with van der Waals surface area (Å²) < 4.78 is 6.89. The van der Waals surface area contributed by atoms with Gasteiger partial charge in [-0.05, 0) is 75.0 Å². The number of aliphatic carboxylic acids is 1. The van der Waals surface area contributed by atoms with E-state index in [-0.39, 0.29) is 10.6 Å². The van der Waals surface area contributed by atoms with Gasteiger partial charge in [0.1, 0.15) is 10.8 Å². The maximum Gasteiger partial charge on any atom is 0.309 e. The number of benzene rings is 1. The van der Waals surface area contributed by atoms with Gasteiger partial charge < -0.3 is 15.2 Å². The van der Waals surface area contributed by atoms with Crippen molar-refractivity contribution in [3.05, 3.63) is 45.3 Å². The topological polar surface area (TPSA) is 93.4 Å². The van der Waals surface area contributed by atoms with Gasteiger partial charge in [0.05, 0.1) is 35.6 Å². The summed E-state index contributed by atoms with van der Waals surface area (Å²) in [5.41, 5.74) is 0.452. The van der Waals surface area contributed by atoms with Crippen LogP contribution in [0, 0.1) is 24.2 Å². The minimum Gasteiger partial charge on any atom is -0.495 e. The molecule has 4 saturated carbocycles. The molecule has 4 aliphatic carbocycles. The van der Waals surface area contributed by atoms with Gasteiger partial charge in [-0.25, -0.2) is 4.68 Å². The van der Waals surface area contributed by atoms with E-state index in [2.05, 4.69) is 10.4 Å². The lowest BCUT2D eigenvalue weighted by Crippen LogP contribution is -2.61. The number of nitrogens with one attached hydrogen (secondary N) is 1. The minimum absolute atomic E-state index is 0.0543. The molecule has 2 atom stereocenters. The van der Waals surface area contributed by atoms with Crippen molar-refractivity contribution in [1.82, 2.24) is 9.78 Å². The molecule has 2 N–H and O–H groups in total. The normalized spacial score (nSPS) is 30.9. The summed E-state index contributed by atoms with van der Waals surface area (Å²) in [4.78, 5) is 25.5. The second-order valence-corrected chi connectivity index (χ2v) is 10.1. The Morgan fingerprint density at radius 1 is 1.26 bits per heavy atom. The van der Waals surface area contributed by atoms with Crippen LogP contribution in [-0.2, 0) is 10.3 Å². The van der Waals surface area contributed by atoms with Crippen LogP contribution in [-0.4, -0.2) is 28.0 Å². The van der Waals surface area contributed by atoms with E-state index in [1.807, 2.05) is 25.1 Å². The van der Waals surface area contributed by atoms with Crippen LogP contribution in [0.4, 0.5) is 11.4 Å². The molecule has 31 heavy (non-hydrogen) atoms. The predicted molar refractivity (Wildman–Crippen MR) is 117 cm³/mol. The van der Waals surface area contributed by atoms with E-state index < -0.39 is 16.9 Å². The molecule has 4 aliphatic rings. The number of nitrogens with zero attached hydrogens (tertiary/aromatic N) is 2. The maximum atomic E-state index is 13.3. The first-order valence-electron chi connectivity index (χ1n) is 10.7. The van der Waals surface area contributed by atoms with Crippen molar-refractivity contribution in [2.24, 2.45) is 17.3 Å². The Hall–Kier alpha value is -2.54. The SMILES string of the molecule is COc1ccc(C)cc1Nc1cnn(C23C[C@H]4C[C@@H](CC(C(=O)O)(C4)C2)C3)c(=O)c1Cl. The molecule has 4 fully saturated rings. The Kier molecular flexibility index (Phi) is 4.59. The van der Waals surface area contributed by atoms with E-state index in [0.29, 0.717) is 48.2 Å². The lowest BCUT2D eigenvalue weighted by Gasteiger charge is -2.60. The van der Waals surface area contributed by atoms with E-state index in [0.717, 1.165) is 24.8 Å². The second kappa shape index (κ2) is 6.99. The zero-order valence-corrected chi connectivity index (χ0v) is 18.4. The molecule has 0 amide bonds. The van der Waals surface area contributed by atoms with E-state index in [4.69, 9.17) is 16.3 Å². The number of carboxylic acid groups (broad SMARTS) is 1. The van der Waals surface area contributed by atoms with Gasteiger partial charge in [0, 0.05) is 0 Å². The van der Waals surface area contributed by atoms with Crippen molar-refractivity contribution in [3.8, 4) is 5.75 Å². The minimum atomic E-state index is -0.746. The Bertz CT molecular complexity index is 1110. The van der Waals surface area contributed by atoms with Gasteiger partial charge in [-0.2, -0.15) is 5.10 Å². The van der Waals surface area contributed by atoms with Crippen LogP contribution in [0.1, 0.15) is 44.1 Å². The first kappa shape index (κ1) is 20.4. The number of halogens is 1. The van der Waals surface area contributed by atoms with Crippen LogP contribution >= 0.6 is 11.6 Å². The largest absolute Gasteiger partial charge is 0.495 e. The summed E-state index contributed by atoms with van der Waals surface area (Å²) in [6, 6.07) is 5.70. The lowest BCUT2D eigenvalue weighted by atomic mass is 9.47. The molecule has 1 aromatic heterocycles. The van der Waals surface area contributed by atoms with Crippen molar-refractivity contribution < 1.29 is 14.6 Å². The molecule has 0 aliphatic heterocycles. The van der Waals surface area contributed by atoms with Crippen LogP contribution in [0.2, 0.25) is 5.02 Å². The van der Waals surface area contributed by atoms with Gasteiger partial charge in [0.15, 0.2) is 0 Å². The number of hydrogen-bond donors (Lipinski definition) is 2. The average Bonchev–Trinajstić information content (AvgIpc) is 2.70. The number of aryl methyl sites for hydroxylation is 1. The summed E-state index contributed by atoms with van der Waals surface area (Å²) in [6.45, 7) is 1.97. The van der Waals surface area contributed by atoms with Gasteiger partial charge in [0.2, 0.25) is 0 Å². The molecule has 1 aromatic carbocycles. The smallest absolute Gasteiger partial charge is 0.309 e. The molecule has 7 nitrogen and oxygen atoms in total. The van der Waals surface area contributed by atoms with Gasteiger partial charge in [-0.3, -0.25) is 9.59 Å². The van der Waals surface area contributed by atoms with E-state index >= 15 is 0 Å². The third-order valence-corrected chi connectivity index (χ3v) is 7.84. The van der Waals surface area contributed by atoms with Crippen LogP contribution in [0.25, 0.3) is 0 Å². The van der Waals surface area contributed by atoms with Gasteiger partial charge in [0.25, 0.3) is 5.56 Å². The van der Waals surface area contributed by atoms with Gasteiger partial charge >= 0.3 is 5.97 Å². The predicted octanol–water partition coefficient (Wildman–Crippen LogP) is 4.34. The summed E-state index contributed by atoms with van der Waals surface area (Å²) in [5, 5.41) is 17.7. The van der Waals surface area contributed by atoms with Crippen LogP contribution in [0.5, 0.6) is 5.75 Å². The quantitative estimate of drug-likeness (QED) is 0.714. The highest BCUT2D eigenvalue weighted by atomic mass is 35.5. The molecule has 0 spiro atoms. The third kappa shape index (κ3) is 3.13. The number of carbonyl (C=O) groups is 1. The summed E-state index contributed by atoms with van der Waals surface area (Å²) in [6.07, 6.45) is 6.06. The Labute approximate surface area is 185 Å². The molecule has 8 heteroatoms. The zero-order valence-electron chi connectivity index (χ0n) is 17.7. The highest BCUT2D eigenvalue weighted by molar-refractivity contribution is 6.33. The Morgan fingerprint density at radius 2 is 1.97 bits per heavy atom. The maximum absolute atomic E-state index is 13.3. The molecule has 6 rings (SSSR count). The van der Waals surface area contributed by atoms with Crippen LogP contribution in [0.15, 0.2) is 29.2 Å². The summed E-state index contributed by atoms with van der Waals surface area (Å²) in [5.74, 6) is 0.531. The molecule has 0 unspecified atom stereocenters. The first-order chi connectivity index (χ1) is 14.7. The summed E-state index contributed by atoms with van der Waals surface area (Å²) in [7, 11) is 1.58. The molecule has 4 bridgehead atoms. The number of rotatable bonds is 5. The molecule has 2 aromatic rings. The number of anilines is 2. The molecule has 164 valence electrons. The van der Waals surface area contributed by atoms with Crippen molar-refractivity contribution in [1.29, 1.82) is 0 Å². The average molecular weight is 444 g/mol.